The summed E-state index contributed by atoms with van der Waals surface area (Å²) in [7, 11) is 4.77. The maximum Gasteiger partial charge on any atom is 0.253 e. The Balaban J connectivity index is 2.05. The van der Waals surface area contributed by atoms with E-state index in [2.05, 4.69) is 54.1 Å². The molecule has 0 aliphatic carbocycles. The second kappa shape index (κ2) is 16.0. The van der Waals surface area contributed by atoms with E-state index in [-0.39, 0.29) is 30.4 Å². The Morgan fingerprint density at radius 1 is 1.15 bits per heavy atom. The zero-order chi connectivity index (χ0) is 28.8. The van der Waals surface area contributed by atoms with Crippen LogP contribution in [0, 0.1) is 11.7 Å². The summed E-state index contributed by atoms with van der Waals surface area (Å²) in [4.78, 5) is 29.9. The molecule has 1 unspecified atom stereocenters. The number of halogens is 1. The van der Waals surface area contributed by atoms with Crippen LogP contribution in [-0.2, 0) is 33.8 Å². The average Bonchev–Trinajstić information content (AvgIpc) is 2.90. The molecule has 0 saturated carbocycles. The quantitative estimate of drug-likeness (QED) is 0.257. The zero-order valence-electron chi connectivity index (χ0n) is 23.4. The van der Waals surface area contributed by atoms with Crippen molar-refractivity contribution in [2.45, 2.75) is 33.4 Å². The summed E-state index contributed by atoms with van der Waals surface area (Å²) in [5.74, 6) is -0.612. The summed E-state index contributed by atoms with van der Waals surface area (Å²) >= 11 is 0. The normalized spacial score (nSPS) is 12.5. The first-order valence-electron chi connectivity index (χ1n) is 12.6. The van der Waals surface area contributed by atoms with E-state index in [0.29, 0.717) is 23.6 Å². The number of amides is 1. The Morgan fingerprint density at radius 2 is 1.85 bits per heavy atom. The van der Waals surface area contributed by atoms with E-state index in [9.17, 15) is 14.0 Å². The Kier molecular flexibility index (Phi) is 12.8. The molecule has 0 aliphatic heterocycles. The molecule has 0 bridgehead atoms. The number of allylic oxidation sites excluding steroid dienone is 4. The largest absolute Gasteiger partial charge is 0.494 e. The predicted molar refractivity (Wildman–Crippen MR) is 151 cm³/mol. The van der Waals surface area contributed by atoms with Gasteiger partial charge < -0.3 is 19.7 Å². The van der Waals surface area contributed by atoms with Crippen LogP contribution in [0.2, 0.25) is 0 Å². The molecule has 1 amide bonds. The third-order valence-corrected chi connectivity index (χ3v) is 5.75. The molecule has 2 rings (SSSR count). The number of methoxy groups -OCH3 is 2. The van der Waals surface area contributed by atoms with Crippen molar-refractivity contribution in [1.29, 1.82) is 0 Å². The van der Waals surface area contributed by atoms with Gasteiger partial charge in [-0.3, -0.25) is 14.6 Å². The molecule has 0 aliphatic rings. The molecule has 0 spiro atoms. The van der Waals surface area contributed by atoms with Gasteiger partial charge in [0, 0.05) is 39.2 Å². The second-order valence-corrected chi connectivity index (χ2v) is 9.30. The summed E-state index contributed by atoms with van der Waals surface area (Å²) in [6, 6.07) is 9.73. The summed E-state index contributed by atoms with van der Waals surface area (Å²) in [5.41, 5.74) is 3.18. The van der Waals surface area contributed by atoms with Gasteiger partial charge in [0.25, 0.3) is 5.91 Å². The number of nitrogens with one attached hydrogen (secondary N) is 1. The van der Waals surface area contributed by atoms with E-state index in [1.807, 2.05) is 18.0 Å². The molecule has 1 aromatic heterocycles. The van der Waals surface area contributed by atoms with Crippen molar-refractivity contribution in [2.24, 2.45) is 5.92 Å². The van der Waals surface area contributed by atoms with Gasteiger partial charge in [-0.2, -0.15) is 0 Å². The second-order valence-electron chi connectivity index (χ2n) is 9.30. The molecule has 1 heterocycles. The summed E-state index contributed by atoms with van der Waals surface area (Å²) in [6.07, 6.45) is 11.3. The van der Waals surface area contributed by atoms with E-state index in [0.717, 1.165) is 12.0 Å². The van der Waals surface area contributed by atoms with Crippen LogP contribution in [0.5, 0.6) is 5.75 Å². The van der Waals surface area contributed by atoms with Crippen LogP contribution in [0.1, 0.15) is 30.7 Å². The lowest BCUT2D eigenvalue weighted by molar-refractivity contribution is -0.117. The van der Waals surface area contributed by atoms with E-state index in [1.54, 1.807) is 18.4 Å². The van der Waals surface area contributed by atoms with Gasteiger partial charge in [0.05, 0.1) is 31.5 Å². The molecule has 39 heavy (non-hydrogen) atoms. The van der Waals surface area contributed by atoms with Crippen molar-refractivity contribution < 1.29 is 23.5 Å². The lowest BCUT2D eigenvalue weighted by Gasteiger charge is -2.19. The summed E-state index contributed by atoms with van der Waals surface area (Å²) in [5, 5.41) is 2.71. The van der Waals surface area contributed by atoms with Gasteiger partial charge in [-0.1, -0.05) is 56.0 Å². The number of pyridine rings is 1. The van der Waals surface area contributed by atoms with Crippen molar-refractivity contribution in [3.8, 4) is 5.75 Å². The molecule has 1 N–H and O–H groups in total. The van der Waals surface area contributed by atoms with Gasteiger partial charge in [-0.05, 0) is 42.0 Å². The van der Waals surface area contributed by atoms with Crippen LogP contribution >= 0.6 is 0 Å². The van der Waals surface area contributed by atoms with Crippen LogP contribution in [0.3, 0.4) is 0 Å². The van der Waals surface area contributed by atoms with Crippen LogP contribution in [0.15, 0.2) is 84.8 Å². The lowest BCUT2D eigenvalue weighted by Crippen LogP contribution is -2.28. The number of ketones is 1. The summed E-state index contributed by atoms with van der Waals surface area (Å²) < 4.78 is 24.6. The molecule has 7 nitrogen and oxygen atoms in total. The summed E-state index contributed by atoms with van der Waals surface area (Å²) in [6.45, 7) is 8.27. The molecule has 0 saturated heterocycles. The van der Waals surface area contributed by atoms with E-state index in [4.69, 9.17) is 9.47 Å². The van der Waals surface area contributed by atoms with Gasteiger partial charge in [-0.25, -0.2) is 4.39 Å². The van der Waals surface area contributed by atoms with Crippen molar-refractivity contribution in [1.82, 2.24) is 15.2 Å². The monoisotopic (exact) mass is 535 g/mol. The van der Waals surface area contributed by atoms with E-state index in [1.165, 1.54) is 39.0 Å². The van der Waals surface area contributed by atoms with Gasteiger partial charge in [0.1, 0.15) is 0 Å². The fraction of sp³-hybridized carbons (Fsp3) is 0.323. The van der Waals surface area contributed by atoms with Crippen LogP contribution in [0.4, 0.5) is 4.39 Å². The van der Waals surface area contributed by atoms with Gasteiger partial charge in [0.2, 0.25) is 0 Å². The van der Waals surface area contributed by atoms with Crippen LogP contribution < -0.4 is 10.1 Å². The minimum absolute atomic E-state index is 0.0272. The number of hydrogen-bond donors (Lipinski definition) is 1. The molecule has 2 aromatic rings. The number of aromatic nitrogens is 1. The molecular formula is C31H38FN3O4. The zero-order valence-corrected chi connectivity index (χ0v) is 23.4. The third-order valence-electron chi connectivity index (χ3n) is 5.75. The Labute approximate surface area is 230 Å². The van der Waals surface area contributed by atoms with Crippen LogP contribution in [-0.4, -0.2) is 49.4 Å². The van der Waals surface area contributed by atoms with Crippen molar-refractivity contribution in [3.05, 3.63) is 107 Å². The molecule has 1 atom stereocenters. The third kappa shape index (κ3) is 10.7. The van der Waals surface area contributed by atoms with Gasteiger partial charge in [-0.15, -0.1) is 0 Å². The molecule has 1 aromatic carbocycles. The number of carbonyl (C=O) groups excluding carboxylic acids is 2. The van der Waals surface area contributed by atoms with Crippen LogP contribution in [0.25, 0.3) is 0 Å². The smallest absolute Gasteiger partial charge is 0.253 e. The van der Waals surface area contributed by atoms with E-state index >= 15 is 0 Å². The molecule has 0 radical (unpaired) electrons. The fourth-order valence-corrected chi connectivity index (χ4v) is 3.79. The topological polar surface area (TPSA) is 80.8 Å². The molecule has 0 fully saturated rings. The van der Waals surface area contributed by atoms with Crippen molar-refractivity contribution in [3.63, 3.8) is 0 Å². The highest BCUT2D eigenvalue weighted by Gasteiger charge is 2.17. The minimum Gasteiger partial charge on any atom is -0.494 e. The number of benzene rings is 1. The number of ether oxygens (including phenoxy) is 2. The average molecular weight is 536 g/mol. The maximum absolute atomic E-state index is 14.4. The molecular weight excluding hydrogens is 497 g/mol. The number of carbonyl (C=O) groups is 2. The first-order chi connectivity index (χ1) is 18.6. The SMILES string of the molecule is C=C(COC)/C(=C\N(C)Cc1ccc(CC(C)/C=C\C=C/C(C)=O)cc1)C(=O)NCc1nccc(OC)c1F. The van der Waals surface area contributed by atoms with Crippen molar-refractivity contribution >= 4 is 11.7 Å². The highest BCUT2D eigenvalue weighted by atomic mass is 19.1. The van der Waals surface area contributed by atoms with Crippen molar-refractivity contribution in [2.75, 3.05) is 27.9 Å². The minimum atomic E-state index is -0.614. The molecule has 208 valence electrons. The predicted octanol–water partition coefficient (Wildman–Crippen LogP) is 4.94. The fourth-order valence-electron chi connectivity index (χ4n) is 3.79. The first kappa shape index (κ1) is 31.2. The number of hydrogen-bond acceptors (Lipinski definition) is 6. The Hall–Kier alpha value is -4.04. The Bertz CT molecular complexity index is 1220. The Morgan fingerprint density at radius 3 is 2.49 bits per heavy atom. The standard InChI is InChI=1S/C31H38FN3O4/c1-22(9-7-8-10-24(3)36)17-25-11-13-26(14-12-25)19-35(4)20-27(23(2)21-38-5)31(37)34-18-28-30(32)29(39-6)15-16-33-28/h7-16,20,22H,2,17-19,21H2,1,3-6H3,(H,34,37)/b9-7-,10-8-,27-20+. The molecule has 8 heteroatoms. The highest BCUT2D eigenvalue weighted by molar-refractivity contribution is 5.97. The van der Waals surface area contributed by atoms with Gasteiger partial charge >= 0.3 is 0 Å². The van der Waals surface area contributed by atoms with E-state index < -0.39 is 11.7 Å². The van der Waals surface area contributed by atoms with Gasteiger partial charge in [0.15, 0.2) is 17.3 Å². The maximum atomic E-state index is 14.4. The highest BCUT2D eigenvalue weighted by Crippen LogP contribution is 2.19. The lowest BCUT2D eigenvalue weighted by atomic mass is 9.99. The number of rotatable bonds is 15. The first-order valence-corrected chi connectivity index (χ1v) is 12.6. The number of nitrogens with zero attached hydrogens (tertiary/aromatic N) is 2.